The number of hydrogen-bond donors (Lipinski definition) is 2. The van der Waals surface area contributed by atoms with E-state index >= 15 is 0 Å². The third-order valence-electron chi connectivity index (χ3n) is 1.23. The molecular weight excluding hydrogens is 166 g/mol. The van der Waals surface area contributed by atoms with E-state index in [9.17, 15) is 4.79 Å². The molecular formula is C7H6ClNO2. The Bertz CT molecular complexity index is 298. The van der Waals surface area contributed by atoms with Crippen molar-refractivity contribution in [3.63, 3.8) is 0 Å². The molecule has 0 spiro atoms. The van der Waals surface area contributed by atoms with Crippen LogP contribution in [0.4, 0.5) is 0 Å². The van der Waals surface area contributed by atoms with Gasteiger partial charge in [-0.2, -0.15) is 0 Å². The summed E-state index contributed by atoms with van der Waals surface area (Å²) in [6.07, 6.45) is 0. The Balaban J connectivity index is 3.20. The number of primary amides is 1. The molecule has 0 atom stereocenters. The van der Waals surface area contributed by atoms with E-state index in [0.29, 0.717) is 5.02 Å². The third-order valence-corrected chi connectivity index (χ3v) is 1.46. The molecule has 0 saturated carbocycles. The minimum Gasteiger partial charge on any atom is -0.507 e. The van der Waals surface area contributed by atoms with Crippen molar-refractivity contribution >= 4 is 17.5 Å². The van der Waals surface area contributed by atoms with Gasteiger partial charge in [-0.05, 0) is 18.2 Å². The van der Waals surface area contributed by atoms with Gasteiger partial charge in [-0.1, -0.05) is 11.6 Å². The number of rotatable bonds is 1. The van der Waals surface area contributed by atoms with Crippen LogP contribution in [0.1, 0.15) is 10.4 Å². The topological polar surface area (TPSA) is 63.3 Å². The zero-order chi connectivity index (χ0) is 8.43. The Morgan fingerprint density at radius 3 is 2.64 bits per heavy atom. The lowest BCUT2D eigenvalue weighted by atomic mass is 10.2. The molecule has 1 aromatic carbocycles. The summed E-state index contributed by atoms with van der Waals surface area (Å²) in [5.74, 6) is -0.857. The second kappa shape index (κ2) is 2.80. The highest BCUT2D eigenvalue weighted by Gasteiger charge is 2.05. The van der Waals surface area contributed by atoms with Crippen molar-refractivity contribution in [3.8, 4) is 5.75 Å². The second-order valence-corrected chi connectivity index (χ2v) is 2.46. The Hall–Kier alpha value is -1.22. The lowest BCUT2D eigenvalue weighted by molar-refractivity contribution is 0.0998. The Kier molecular flexibility index (Phi) is 2.01. The standard InChI is InChI=1S/C7H6ClNO2/c8-4-1-2-5(7(9)11)6(10)3-4/h1-3,10H,(H2,9,11). The maximum atomic E-state index is 10.6. The van der Waals surface area contributed by atoms with Crippen molar-refractivity contribution in [2.45, 2.75) is 0 Å². The molecule has 1 aromatic rings. The van der Waals surface area contributed by atoms with Crippen LogP contribution in [0, 0.1) is 0 Å². The highest BCUT2D eigenvalue weighted by atomic mass is 35.5. The first-order valence-corrected chi connectivity index (χ1v) is 3.27. The highest BCUT2D eigenvalue weighted by molar-refractivity contribution is 6.30. The fraction of sp³-hybridized carbons (Fsp3) is 0. The van der Waals surface area contributed by atoms with Gasteiger partial charge in [0.25, 0.3) is 5.91 Å². The van der Waals surface area contributed by atoms with Crippen LogP contribution in [0.25, 0.3) is 0 Å². The number of aromatic hydroxyl groups is 1. The predicted molar refractivity (Wildman–Crippen MR) is 41.6 cm³/mol. The number of benzene rings is 1. The van der Waals surface area contributed by atoms with Crippen LogP contribution in [0.3, 0.4) is 0 Å². The molecule has 0 bridgehead atoms. The van der Waals surface area contributed by atoms with E-state index in [1.807, 2.05) is 0 Å². The monoisotopic (exact) mass is 171 g/mol. The summed E-state index contributed by atoms with van der Waals surface area (Å²) in [5, 5.41) is 9.44. The molecule has 0 aliphatic heterocycles. The number of carbonyl (C=O) groups is 1. The zero-order valence-corrected chi connectivity index (χ0v) is 6.30. The first-order valence-electron chi connectivity index (χ1n) is 2.89. The summed E-state index contributed by atoms with van der Waals surface area (Å²) in [6, 6.07) is 4.13. The molecule has 58 valence electrons. The minimum atomic E-state index is -0.667. The normalized spacial score (nSPS) is 9.55. The molecule has 3 nitrogen and oxygen atoms in total. The summed E-state index contributed by atoms with van der Waals surface area (Å²) in [7, 11) is 0. The maximum absolute atomic E-state index is 10.6. The van der Waals surface area contributed by atoms with E-state index in [1.54, 1.807) is 0 Å². The van der Waals surface area contributed by atoms with Gasteiger partial charge in [-0.3, -0.25) is 4.79 Å². The molecule has 3 N–H and O–H groups in total. The zero-order valence-electron chi connectivity index (χ0n) is 5.54. The SMILES string of the molecule is NC(=O)c1ccc(Cl)cc1O. The Labute approximate surface area is 68.4 Å². The van der Waals surface area contributed by atoms with Crippen molar-refractivity contribution < 1.29 is 9.90 Å². The van der Waals surface area contributed by atoms with Gasteiger partial charge in [-0.25, -0.2) is 0 Å². The summed E-state index contributed by atoms with van der Waals surface area (Å²) < 4.78 is 0. The lowest BCUT2D eigenvalue weighted by Gasteiger charge is -1.98. The largest absolute Gasteiger partial charge is 0.507 e. The molecule has 1 amide bonds. The number of carbonyl (C=O) groups excluding carboxylic acids is 1. The summed E-state index contributed by atoms with van der Waals surface area (Å²) in [4.78, 5) is 10.6. The van der Waals surface area contributed by atoms with Gasteiger partial charge in [0, 0.05) is 5.02 Å². The Morgan fingerprint density at radius 1 is 1.55 bits per heavy atom. The van der Waals surface area contributed by atoms with Crippen LogP contribution < -0.4 is 5.73 Å². The average molecular weight is 172 g/mol. The van der Waals surface area contributed by atoms with E-state index in [1.165, 1.54) is 18.2 Å². The lowest BCUT2D eigenvalue weighted by Crippen LogP contribution is -2.10. The molecule has 0 heterocycles. The predicted octanol–water partition coefficient (Wildman–Crippen LogP) is 1.14. The average Bonchev–Trinajstić information content (AvgIpc) is 1.85. The molecule has 0 saturated heterocycles. The van der Waals surface area contributed by atoms with Gasteiger partial charge >= 0.3 is 0 Å². The van der Waals surface area contributed by atoms with E-state index in [0.717, 1.165) is 0 Å². The van der Waals surface area contributed by atoms with Gasteiger partial charge in [0.05, 0.1) is 5.56 Å². The number of hydrogen-bond acceptors (Lipinski definition) is 2. The van der Waals surface area contributed by atoms with Crippen molar-refractivity contribution in [2.24, 2.45) is 5.73 Å². The van der Waals surface area contributed by atoms with E-state index in [2.05, 4.69) is 0 Å². The van der Waals surface area contributed by atoms with Crippen LogP contribution >= 0.6 is 11.6 Å². The molecule has 4 heteroatoms. The number of halogens is 1. The van der Waals surface area contributed by atoms with Gasteiger partial charge in [0.15, 0.2) is 0 Å². The van der Waals surface area contributed by atoms with Gasteiger partial charge in [-0.15, -0.1) is 0 Å². The molecule has 11 heavy (non-hydrogen) atoms. The van der Waals surface area contributed by atoms with Gasteiger partial charge < -0.3 is 10.8 Å². The van der Waals surface area contributed by atoms with Crippen LogP contribution in [-0.4, -0.2) is 11.0 Å². The first-order chi connectivity index (χ1) is 5.11. The van der Waals surface area contributed by atoms with Crippen molar-refractivity contribution in [1.29, 1.82) is 0 Å². The second-order valence-electron chi connectivity index (χ2n) is 2.03. The summed E-state index contributed by atoms with van der Waals surface area (Å²) in [5.41, 5.74) is 5.00. The van der Waals surface area contributed by atoms with Crippen LogP contribution in [0.15, 0.2) is 18.2 Å². The molecule has 0 radical (unpaired) electrons. The smallest absolute Gasteiger partial charge is 0.252 e. The van der Waals surface area contributed by atoms with E-state index in [-0.39, 0.29) is 11.3 Å². The fourth-order valence-electron chi connectivity index (χ4n) is 0.713. The molecule has 1 rings (SSSR count). The number of phenols is 1. The molecule has 0 aromatic heterocycles. The number of amides is 1. The first kappa shape index (κ1) is 7.88. The number of nitrogens with two attached hydrogens (primary N) is 1. The maximum Gasteiger partial charge on any atom is 0.252 e. The van der Waals surface area contributed by atoms with E-state index in [4.69, 9.17) is 22.4 Å². The van der Waals surface area contributed by atoms with E-state index < -0.39 is 5.91 Å². The molecule has 0 fully saturated rings. The van der Waals surface area contributed by atoms with Crippen LogP contribution in [0.2, 0.25) is 5.02 Å². The van der Waals surface area contributed by atoms with Crippen molar-refractivity contribution in [1.82, 2.24) is 0 Å². The van der Waals surface area contributed by atoms with Gasteiger partial charge in [0.2, 0.25) is 0 Å². The summed E-state index contributed by atoms with van der Waals surface area (Å²) in [6.45, 7) is 0. The van der Waals surface area contributed by atoms with Gasteiger partial charge in [0.1, 0.15) is 5.75 Å². The van der Waals surface area contributed by atoms with Crippen LogP contribution in [-0.2, 0) is 0 Å². The molecule has 0 unspecified atom stereocenters. The highest BCUT2D eigenvalue weighted by Crippen LogP contribution is 2.20. The quantitative estimate of drug-likeness (QED) is 0.666. The molecule has 0 aliphatic rings. The third kappa shape index (κ3) is 1.62. The summed E-state index contributed by atoms with van der Waals surface area (Å²) >= 11 is 5.51. The van der Waals surface area contributed by atoms with Crippen molar-refractivity contribution in [3.05, 3.63) is 28.8 Å². The van der Waals surface area contributed by atoms with Crippen molar-refractivity contribution in [2.75, 3.05) is 0 Å². The van der Waals surface area contributed by atoms with Crippen LogP contribution in [0.5, 0.6) is 5.75 Å². The minimum absolute atomic E-state index is 0.0781. The fourth-order valence-corrected chi connectivity index (χ4v) is 0.879. The molecule has 0 aliphatic carbocycles. The Morgan fingerprint density at radius 2 is 2.18 bits per heavy atom.